The molecule has 3 spiro atoms. The summed E-state index contributed by atoms with van der Waals surface area (Å²) in [4.78, 5) is 25.0. The van der Waals surface area contributed by atoms with E-state index >= 15 is 0 Å². The lowest BCUT2D eigenvalue weighted by Crippen LogP contribution is -2.74. The molecular weight excluding hydrogens is 448 g/mol. The van der Waals surface area contributed by atoms with Gasteiger partial charge < -0.3 is 24.4 Å². The Labute approximate surface area is 205 Å². The van der Waals surface area contributed by atoms with Crippen molar-refractivity contribution < 1.29 is 34.0 Å². The van der Waals surface area contributed by atoms with Crippen LogP contribution >= 0.6 is 0 Å². The van der Waals surface area contributed by atoms with E-state index in [2.05, 4.69) is 26.0 Å². The van der Waals surface area contributed by atoms with E-state index in [1.165, 1.54) is 0 Å². The fourth-order valence-corrected chi connectivity index (χ4v) is 9.48. The third kappa shape index (κ3) is 2.34. The van der Waals surface area contributed by atoms with Crippen molar-refractivity contribution in [2.75, 3.05) is 6.61 Å². The smallest absolute Gasteiger partial charge is 0.306 e. The number of carbonyl (C=O) groups excluding carboxylic acids is 1. The van der Waals surface area contributed by atoms with Crippen molar-refractivity contribution in [1.82, 2.24) is 0 Å². The molecule has 8 rings (SSSR count). The van der Waals surface area contributed by atoms with Gasteiger partial charge in [-0.25, -0.2) is 0 Å². The molecule has 13 atom stereocenters. The quantitative estimate of drug-likeness (QED) is 0.456. The van der Waals surface area contributed by atoms with Gasteiger partial charge >= 0.3 is 5.97 Å². The van der Waals surface area contributed by atoms with Crippen LogP contribution in [0, 0.1) is 40.4 Å². The number of aliphatic hydroxyl groups is 1. The van der Waals surface area contributed by atoms with Crippen molar-refractivity contribution >= 4 is 11.8 Å². The molecule has 8 aliphatic rings. The maximum atomic E-state index is 13.6. The molecule has 3 saturated carbocycles. The normalized spacial score (nSPS) is 55.1. The van der Waals surface area contributed by atoms with E-state index in [-0.39, 0.29) is 29.3 Å². The van der Waals surface area contributed by atoms with E-state index in [1.54, 1.807) is 6.92 Å². The van der Waals surface area contributed by atoms with Crippen molar-refractivity contribution in [3.63, 3.8) is 0 Å². The predicted octanol–water partition coefficient (Wildman–Crippen LogP) is 2.91. The van der Waals surface area contributed by atoms with Gasteiger partial charge in [-0.1, -0.05) is 39.8 Å². The number of fused-ring (bicyclic) bond motifs is 4. The van der Waals surface area contributed by atoms with E-state index < -0.39 is 40.7 Å². The molecule has 7 heteroatoms. The van der Waals surface area contributed by atoms with E-state index in [9.17, 15) is 19.8 Å². The molecular formula is C28H36O7. The fraction of sp³-hybridized carbons (Fsp3) is 0.786. The van der Waals surface area contributed by atoms with Crippen molar-refractivity contribution in [2.45, 2.75) is 89.0 Å². The zero-order valence-electron chi connectivity index (χ0n) is 20.9. The zero-order valence-corrected chi connectivity index (χ0v) is 20.9. The lowest BCUT2D eigenvalue weighted by atomic mass is 9.43. The number of ketones is 1. The lowest BCUT2D eigenvalue weighted by molar-refractivity contribution is -0.245. The Kier molecular flexibility index (Phi) is 4.31. The SMILES string of the molecule is CC(C=CC(C)C1CCC2C3=CC(=O)C45OC4C(O)C4OC4C5(C)C34CCC21CO4)C(C)C(=O)O. The Morgan fingerprint density at radius 2 is 1.94 bits per heavy atom. The Hall–Kier alpha value is -1.54. The molecule has 0 aromatic rings. The van der Waals surface area contributed by atoms with Crippen molar-refractivity contribution in [2.24, 2.45) is 40.4 Å². The molecule has 35 heavy (non-hydrogen) atoms. The van der Waals surface area contributed by atoms with Crippen LogP contribution in [0.15, 0.2) is 23.8 Å². The Bertz CT molecular complexity index is 1070. The molecule has 0 amide bonds. The molecule has 2 bridgehead atoms. The number of ether oxygens (including phenoxy) is 3. The van der Waals surface area contributed by atoms with Crippen LogP contribution in [-0.4, -0.2) is 64.2 Å². The third-order valence-corrected chi connectivity index (χ3v) is 11.8. The second-order valence-corrected chi connectivity index (χ2v) is 12.8. The fourth-order valence-electron chi connectivity index (χ4n) is 9.48. The van der Waals surface area contributed by atoms with Gasteiger partial charge in [0.05, 0.1) is 24.0 Å². The highest BCUT2D eigenvalue weighted by Crippen LogP contribution is 2.78. The van der Waals surface area contributed by atoms with Crippen LogP contribution in [0.4, 0.5) is 0 Å². The van der Waals surface area contributed by atoms with Gasteiger partial charge in [-0.2, -0.15) is 0 Å². The number of carboxylic acids is 1. The summed E-state index contributed by atoms with van der Waals surface area (Å²) in [6.45, 7) is 8.76. The summed E-state index contributed by atoms with van der Waals surface area (Å²) in [7, 11) is 0. The number of hydrogen-bond donors (Lipinski definition) is 2. The summed E-state index contributed by atoms with van der Waals surface area (Å²) in [5.41, 5.74) is -1.05. The average Bonchev–Trinajstić information content (AvgIpc) is 3.75. The van der Waals surface area contributed by atoms with Crippen LogP contribution in [0.2, 0.25) is 0 Å². The van der Waals surface area contributed by atoms with Crippen molar-refractivity contribution in [3.05, 3.63) is 23.8 Å². The molecule has 4 aliphatic heterocycles. The van der Waals surface area contributed by atoms with Crippen LogP contribution in [0.5, 0.6) is 0 Å². The van der Waals surface area contributed by atoms with Crippen LogP contribution in [0.1, 0.15) is 53.4 Å². The number of aliphatic hydroxyl groups excluding tert-OH is 1. The molecule has 13 unspecified atom stereocenters. The van der Waals surface area contributed by atoms with Crippen LogP contribution in [0.25, 0.3) is 0 Å². The second-order valence-electron chi connectivity index (χ2n) is 12.8. The molecule has 4 aliphatic carbocycles. The number of aliphatic carboxylic acids is 1. The van der Waals surface area contributed by atoms with Crippen LogP contribution in [-0.2, 0) is 23.8 Å². The molecule has 7 fully saturated rings. The molecule has 4 saturated heterocycles. The minimum absolute atomic E-state index is 0.00192. The van der Waals surface area contributed by atoms with Gasteiger partial charge in [-0.15, -0.1) is 0 Å². The molecule has 4 heterocycles. The number of allylic oxidation sites excluding steroid dienone is 2. The summed E-state index contributed by atoms with van der Waals surface area (Å²) < 4.78 is 19.0. The van der Waals surface area contributed by atoms with Gasteiger partial charge in [0, 0.05) is 5.41 Å². The van der Waals surface area contributed by atoms with Crippen molar-refractivity contribution in [3.8, 4) is 0 Å². The number of carboxylic acid groups (broad SMARTS) is 1. The highest BCUT2D eigenvalue weighted by Gasteiger charge is 2.91. The highest BCUT2D eigenvalue weighted by atomic mass is 16.7. The Balaban J connectivity index is 1.22. The van der Waals surface area contributed by atoms with E-state index in [4.69, 9.17) is 14.2 Å². The zero-order chi connectivity index (χ0) is 24.7. The van der Waals surface area contributed by atoms with Gasteiger partial charge in [-0.05, 0) is 61.0 Å². The maximum absolute atomic E-state index is 13.6. The summed E-state index contributed by atoms with van der Waals surface area (Å²) in [6.07, 6.45) is 8.41. The first-order chi connectivity index (χ1) is 16.5. The average molecular weight is 485 g/mol. The summed E-state index contributed by atoms with van der Waals surface area (Å²) in [6, 6.07) is 0. The highest BCUT2D eigenvalue weighted by molar-refractivity contribution is 6.04. The first-order valence-corrected chi connectivity index (χ1v) is 13.4. The number of carbonyl (C=O) groups is 2. The number of epoxide rings is 2. The maximum Gasteiger partial charge on any atom is 0.306 e. The Morgan fingerprint density at radius 3 is 2.63 bits per heavy atom. The second kappa shape index (κ2) is 6.66. The summed E-state index contributed by atoms with van der Waals surface area (Å²) >= 11 is 0. The number of rotatable bonds is 5. The van der Waals surface area contributed by atoms with E-state index in [0.29, 0.717) is 24.4 Å². The molecule has 0 aromatic heterocycles. The first-order valence-electron chi connectivity index (χ1n) is 13.4. The van der Waals surface area contributed by atoms with Gasteiger partial charge in [0.1, 0.15) is 23.9 Å². The molecule has 7 nitrogen and oxygen atoms in total. The standard InChI is InChI=1S/C28H36O7/c1-13(15(3)24(31)32)5-6-14(2)16-7-8-17-18-11-19(29)28-22(35-28)20(30)21-23(34-21)25(28,4)27(18)10-9-26(16,17)12-33-27/h5-6,11,13-17,20-23,30H,7-10,12H2,1-4H3,(H,31,32). The van der Waals surface area contributed by atoms with Crippen LogP contribution in [0.3, 0.4) is 0 Å². The predicted molar refractivity (Wildman–Crippen MR) is 124 cm³/mol. The topological polar surface area (TPSA) is 109 Å². The third-order valence-electron chi connectivity index (χ3n) is 11.8. The first kappa shape index (κ1) is 22.6. The van der Waals surface area contributed by atoms with E-state index in [1.807, 2.05) is 13.0 Å². The molecule has 0 aromatic carbocycles. The monoisotopic (exact) mass is 484 g/mol. The lowest BCUT2D eigenvalue weighted by Gasteiger charge is -2.66. The van der Waals surface area contributed by atoms with Crippen LogP contribution < -0.4 is 0 Å². The molecule has 190 valence electrons. The van der Waals surface area contributed by atoms with Gasteiger partial charge in [0.25, 0.3) is 0 Å². The van der Waals surface area contributed by atoms with Gasteiger partial charge in [-0.3, -0.25) is 9.59 Å². The summed E-state index contributed by atoms with van der Waals surface area (Å²) in [5, 5.41) is 20.0. The van der Waals surface area contributed by atoms with Gasteiger partial charge in [0.15, 0.2) is 11.4 Å². The number of hydrogen-bond acceptors (Lipinski definition) is 6. The van der Waals surface area contributed by atoms with E-state index in [0.717, 1.165) is 31.3 Å². The largest absolute Gasteiger partial charge is 0.481 e. The summed E-state index contributed by atoms with van der Waals surface area (Å²) in [5.74, 6) is -0.186. The minimum atomic E-state index is -1.02. The van der Waals surface area contributed by atoms with Crippen molar-refractivity contribution in [1.29, 1.82) is 0 Å². The molecule has 0 radical (unpaired) electrons. The Morgan fingerprint density at radius 1 is 1.17 bits per heavy atom. The molecule has 2 N–H and O–H groups in total. The van der Waals surface area contributed by atoms with Gasteiger partial charge in [0.2, 0.25) is 0 Å². The minimum Gasteiger partial charge on any atom is -0.481 e.